The number of benzene rings is 1. The van der Waals surface area contributed by atoms with Crippen molar-refractivity contribution in [3.8, 4) is 0 Å². The minimum absolute atomic E-state index is 0. The topological polar surface area (TPSA) is 158 Å². The molecule has 0 aliphatic rings. The molecular formula is C20H38N4O3S3Zn. The monoisotopic (exact) mass is 542 g/mol. The molecule has 1 aromatic rings. The van der Waals surface area contributed by atoms with E-state index in [9.17, 15) is 8.42 Å². The van der Waals surface area contributed by atoms with Crippen LogP contribution in [0.3, 0.4) is 0 Å². The fraction of sp³-hybridized carbons (Fsp3) is 0.600. The van der Waals surface area contributed by atoms with Gasteiger partial charge in [0.2, 0.25) is 0 Å². The van der Waals surface area contributed by atoms with Crippen LogP contribution in [0.25, 0.3) is 0 Å². The average Bonchev–Trinajstić information content (AvgIpc) is 2.62. The molecule has 0 unspecified atom stereocenters. The van der Waals surface area contributed by atoms with Crippen LogP contribution in [-0.4, -0.2) is 23.2 Å². The van der Waals surface area contributed by atoms with E-state index in [1.807, 2.05) is 0 Å². The molecule has 1 rings (SSSR count). The van der Waals surface area contributed by atoms with Gasteiger partial charge in [-0.2, -0.15) is 8.42 Å². The van der Waals surface area contributed by atoms with Crippen molar-refractivity contribution < 1.29 is 32.4 Å². The Bertz CT molecular complexity index is 667. The van der Waals surface area contributed by atoms with E-state index in [0.717, 1.165) is 18.4 Å². The van der Waals surface area contributed by atoms with Crippen molar-refractivity contribution in [2.75, 3.05) is 0 Å². The van der Waals surface area contributed by atoms with Gasteiger partial charge in [0.25, 0.3) is 10.1 Å². The van der Waals surface area contributed by atoms with Crippen LogP contribution in [0.5, 0.6) is 0 Å². The first-order chi connectivity index (χ1) is 14.0. The van der Waals surface area contributed by atoms with E-state index in [1.165, 1.54) is 69.9 Å². The zero-order valence-corrected chi connectivity index (χ0v) is 24.0. The first-order valence-electron chi connectivity index (χ1n) is 10.2. The van der Waals surface area contributed by atoms with E-state index in [0.29, 0.717) is 0 Å². The number of nitrogens with two attached hydrogens (primary N) is 4. The SMILES string of the molecule is CCCCCCCCCCCCc1ccc(S(=O)(=O)O)cc1.NC(N)=S.NC(N)=S.[Zn]. The smallest absolute Gasteiger partial charge is 0.294 e. The molecule has 31 heavy (non-hydrogen) atoms. The molecule has 9 N–H and O–H groups in total. The summed E-state index contributed by atoms with van der Waals surface area (Å²) in [5, 5.41) is 0.000000000000000444. The molecule has 0 fully saturated rings. The van der Waals surface area contributed by atoms with Gasteiger partial charge in [-0.3, -0.25) is 4.55 Å². The van der Waals surface area contributed by atoms with Crippen LogP contribution in [0, 0.1) is 0 Å². The molecule has 0 atom stereocenters. The van der Waals surface area contributed by atoms with Crippen molar-refractivity contribution in [2.24, 2.45) is 22.9 Å². The Morgan fingerprint density at radius 3 is 1.42 bits per heavy atom. The van der Waals surface area contributed by atoms with Gasteiger partial charge in [0, 0.05) is 19.5 Å². The van der Waals surface area contributed by atoms with E-state index in [-0.39, 0.29) is 34.6 Å². The minimum Gasteiger partial charge on any atom is -0.377 e. The second kappa shape index (κ2) is 22.3. The maximum absolute atomic E-state index is 10.9. The zero-order chi connectivity index (χ0) is 23.4. The molecule has 0 spiro atoms. The van der Waals surface area contributed by atoms with Crippen LogP contribution in [-0.2, 0) is 36.0 Å². The Balaban J connectivity index is -0.000000747. The van der Waals surface area contributed by atoms with Crippen molar-refractivity contribution in [1.82, 2.24) is 0 Å². The molecule has 0 amide bonds. The number of thiocarbonyl (C=S) groups is 2. The number of hydrogen-bond donors (Lipinski definition) is 5. The fourth-order valence-electron chi connectivity index (χ4n) is 2.64. The summed E-state index contributed by atoms with van der Waals surface area (Å²) in [6.07, 6.45) is 14.1. The summed E-state index contributed by atoms with van der Waals surface area (Å²) in [4.78, 5) is -0.0284. The molecular weight excluding hydrogens is 506 g/mol. The van der Waals surface area contributed by atoms with Crippen LogP contribution >= 0.6 is 24.4 Å². The molecule has 0 saturated heterocycles. The largest absolute Gasteiger partial charge is 0.377 e. The third-order valence-corrected chi connectivity index (χ3v) is 4.91. The van der Waals surface area contributed by atoms with E-state index >= 15 is 0 Å². The van der Waals surface area contributed by atoms with Gasteiger partial charge in [-0.25, -0.2) is 0 Å². The summed E-state index contributed by atoms with van der Waals surface area (Å²) in [5.74, 6) is 0. The van der Waals surface area contributed by atoms with E-state index < -0.39 is 10.1 Å². The molecule has 1 aromatic carbocycles. The van der Waals surface area contributed by atoms with Gasteiger partial charge in [-0.15, -0.1) is 0 Å². The maximum Gasteiger partial charge on any atom is 0.294 e. The minimum atomic E-state index is -4.06. The Hall–Kier alpha value is -0.867. The van der Waals surface area contributed by atoms with Gasteiger partial charge >= 0.3 is 0 Å². The van der Waals surface area contributed by atoms with Crippen LogP contribution in [0.2, 0.25) is 0 Å². The fourth-order valence-corrected chi connectivity index (χ4v) is 3.12. The summed E-state index contributed by atoms with van der Waals surface area (Å²) in [5.41, 5.74) is 19.6. The summed E-state index contributed by atoms with van der Waals surface area (Å²) in [6.45, 7) is 2.25. The third kappa shape index (κ3) is 29.1. The van der Waals surface area contributed by atoms with Gasteiger partial charge in [0.15, 0.2) is 10.2 Å². The number of unbranched alkanes of at least 4 members (excludes halogenated alkanes) is 9. The Morgan fingerprint density at radius 1 is 0.774 bits per heavy atom. The normalized spacial score (nSPS) is 9.87. The molecule has 0 bridgehead atoms. The summed E-state index contributed by atoms with van der Waals surface area (Å²) < 4.78 is 30.8. The Morgan fingerprint density at radius 2 is 1.10 bits per heavy atom. The zero-order valence-electron chi connectivity index (χ0n) is 18.6. The third-order valence-electron chi connectivity index (χ3n) is 4.04. The van der Waals surface area contributed by atoms with Crippen LogP contribution in [0.1, 0.15) is 76.7 Å². The van der Waals surface area contributed by atoms with E-state index in [2.05, 4.69) is 54.3 Å². The van der Waals surface area contributed by atoms with Crippen LogP contribution < -0.4 is 22.9 Å². The molecule has 11 heteroatoms. The summed E-state index contributed by atoms with van der Waals surface area (Å²) in [7, 11) is -4.06. The predicted molar refractivity (Wildman–Crippen MR) is 134 cm³/mol. The van der Waals surface area contributed by atoms with Crippen molar-refractivity contribution in [1.29, 1.82) is 0 Å². The molecule has 0 saturated carbocycles. The molecule has 7 nitrogen and oxygen atoms in total. The van der Waals surface area contributed by atoms with Gasteiger partial charge in [-0.05, 0) is 55.0 Å². The van der Waals surface area contributed by atoms with Gasteiger partial charge in [-0.1, -0.05) is 76.8 Å². The Labute approximate surface area is 211 Å². The first-order valence-corrected chi connectivity index (χ1v) is 12.4. The van der Waals surface area contributed by atoms with Crippen LogP contribution in [0.15, 0.2) is 29.2 Å². The summed E-state index contributed by atoms with van der Waals surface area (Å²) in [6, 6.07) is 6.52. The quantitative estimate of drug-likeness (QED) is 0.114. The standard InChI is InChI=1S/C18H30O3S.2CH4N2S.Zn/c1-2-3-4-5-6-7-8-9-10-11-12-17-13-15-18(16-14-17)22(19,20)21;2*2-1(3)4;/h13-16H,2-12H2,1H3,(H,19,20,21);2*(H4,2,3,4);. The number of aryl methyl sites for hydroxylation is 1. The second-order valence-electron chi connectivity index (χ2n) is 6.86. The van der Waals surface area contributed by atoms with Gasteiger partial charge in [0.05, 0.1) is 4.90 Å². The van der Waals surface area contributed by atoms with Crippen molar-refractivity contribution in [3.63, 3.8) is 0 Å². The van der Waals surface area contributed by atoms with E-state index in [4.69, 9.17) is 4.55 Å². The van der Waals surface area contributed by atoms with Crippen molar-refractivity contribution in [3.05, 3.63) is 29.8 Å². The van der Waals surface area contributed by atoms with Crippen LogP contribution in [0.4, 0.5) is 0 Å². The van der Waals surface area contributed by atoms with Crippen molar-refractivity contribution in [2.45, 2.75) is 82.4 Å². The van der Waals surface area contributed by atoms with E-state index in [1.54, 1.807) is 12.1 Å². The molecule has 0 heterocycles. The predicted octanol–water partition coefficient (Wildman–Crippen LogP) is 3.77. The number of hydrogen-bond acceptors (Lipinski definition) is 4. The maximum atomic E-state index is 10.9. The van der Waals surface area contributed by atoms with Gasteiger partial charge in [0.1, 0.15) is 0 Å². The molecule has 0 aliphatic carbocycles. The first kappa shape index (κ1) is 34.7. The summed E-state index contributed by atoms with van der Waals surface area (Å²) >= 11 is 8.19. The molecule has 0 radical (unpaired) electrons. The molecule has 176 valence electrons. The molecule has 0 aliphatic heterocycles. The Kier molecular flexibility index (Phi) is 25.0. The number of rotatable bonds is 12. The second-order valence-corrected chi connectivity index (χ2v) is 9.22. The molecule has 0 aromatic heterocycles. The van der Waals surface area contributed by atoms with Gasteiger partial charge < -0.3 is 22.9 Å². The van der Waals surface area contributed by atoms with Crippen molar-refractivity contribution >= 4 is 44.8 Å². The average molecular weight is 544 g/mol.